The summed E-state index contributed by atoms with van der Waals surface area (Å²) in [4.78, 5) is 13.7. The minimum atomic E-state index is -0.739. The minimum Gasteiger partial charge on any atom is -0.492 e. The van der Waals surface area contributed by atoms with Crippen molar-refractivity contribution in [2.75, 3.05) is 39.5 Å². The number of primary amides is 1. The molecule has 0 aromatic heterocycles. The van der Waals surface area contributed by atoms with E-state index in [0.29, 0.717) is 17.9 Å². The van der Waals surface area contributed by atoms with Gasteiger partial charge in [-0.2, -0.15) is 0 Å². The Hall–Kier alpha value is -3.23. The summed E-state index contributed by atoms with van der Waals surface area (Å²) in [6, 6.07) is 12.6. The summed E-state index contributed by atoms with van der Waals surface area (Å²) in [6.45, 7) is 4.62. The SMILES string of the molecule is N=C(O/C(=C/C(N)=O)c1ccc(OCCN2CCOCC2)cc1)c1ccccc1F. The molecule has 0 radical (unpaired) electrons. The number of hydrogen-bond acceptors (Lipinski definition) is 6. The van der Waals surface area contributed by atoms with E-state index in [0.717, 1.165) is 38.9 Å². The van der Waals surface area contributed by atoms with Crippen LogP contribution in [-0.2, 0) is 14.3 Å². The average Bonchev–Trinajstić information content (AvgIpc) is 2.74. The number of carbonyl (C=O) groups excluding carboxylic acids is 1. The monoisotopic (exact) mass is 413 g/mol. The molecule has 1 heterocycles. The normalized spacial score (nSPS) is 14.9. The fraction of sp³-hybridized carbons (Fsp3) is 0.273. The molecule has 0 spiro atoms. The second kappa shape index (κ2) is 10.5. The van der Waals surface area contributed by atoms with Crippen molar-refractivity contribution in [3.63, 3.8) is 0 Å². The number of ether oxygens (including phenoxy) is 3. The molecule has 3 N–H and O–H groups in total. The van der Waals surface area contributed by atoms with Gasteiger partial charge in [-0.25, -0.2) is 4.39 Å². The molecule has 1 fully saturated rings. The fourth-order valence-corrected chi connectivity index (χ4v) is 2.94. The Morgan fingerprint density at radius 3 is 2.53 bits per heavy atom. The summed E-state index contributed by atoms with van der Waals surface area (Å²) in [5.41, 5.74) is 5.76. The Kier molecular flexibility index (Phi) is 7.53. The van der Waals surface area contributed by atoms with Crippen LogP contribution in [0.2, 0.25) is 0 Å². The molecule has 158 valence electrons. The van der Waals surface area contributed by atoms with Gasteiger partial charge in [0.05, 0.1) is 18.8 Å². The van der Waals surface area contributed by atoms with Gasteiger partial charge in [0, 0.05) is 31.3 Å². The molecule has 30 heavy (non-hydrogen) atoms. The molecule has 0 unspecified atom stereocenters. The van der Waals surface area contributed by atoms with E-state index in [1.165, 1.54) is 18.2 Å². The van der Waals surface area contributed by atoms with E-state index in [1.54, 1.807) is 30.3 Å². The standard InChI is InChI=1S/C22H24FN3O4/c23-19-4-2-1-3-18(19)22(25)30-20(15-21(24)27)16-5-7-17(8-6-16)29-14-11-26-9-12-28-13-10-26/h1-8,15,25H,9-14H2,(H2,24,27)/b20-15+,25-22?. The number of amides is 1. The predicted molar refractivity (Wildman–Crippen MR) is 111 cm³/mol. The summed E-state index contributed by atoms with van der Waals surface area (Å²) in [7, 11) is 0. The van der Waals surface area contributed by atoms with Crippen molar-refractivity contribution in [1.82, 2.24) is 4.90 Å². The van der Waals surface area contributed by atoms with Gasteiger partial charge >= 0.3 is 0 Å². The van der Waals surface area contributed by atoms with Crippen molar-refractivity contribution < 1.29 is 23.4 Å². The third kappa shape index (κ3) is 6.13. The molecule has 2 aromatic rings. The van der Waals surface area contributed by atoms with E-state index >= 15 is 0 Å². The first-order valence-corrected chi connectivity index (χ1v) is 9.58. The highest BCUT2D eigenvalue weighted by molar-refractivity contribution is 5.99. The molecule has 1 saturated heterocycles. The van der Waals surface area contributed by atoms with E-state index in [9.17, 15) is 9.18 Å². The molecular formula is C22H24FN3O4. The quantitative estimate of drug-likeness (QED) is 0.300. The molecule has 1 aliphatic rings. The second-order valence-corrected chi connectivity index (χ2v) is 6.65. The van der Waals surface area contributed by atoms with Crippen LogP contribution in [0.3, 0.4) is 0 Å². The molecule has 1 aliphatic heterocycles. The maximum atomic E-state index is 13.9. The summed E-state index contributed by atoms with van der Waals surface area (Å²) in [5.74, 6) is -1.04. The molecule has 8 heteroatoms. The van der Waals surface area contributed by atoms with Gasteiger partial charge in [0.2, 0.25) is 11.8 Å². The Morgan fingerprint density at radius 2 is 1.87 bits per heavy atom. The summed E-state index contributed by atoms with van der Waals surface area (Å²) in [5, 5.41) is 8.03. The Labute approximate surface area is 174 Å². The zero-order chi connectivity index (χ0) is 21.3. The molecule has 0 atom stereocenters. The zero-order valence-corrected chi connectivity index (χ0v) is 16.5. The number of benzene rings is 2. The van der Waals surface area contributed by atoms with Crippen LogP contribution in [0.15, 0.2) is 54.6 Å². The lowest BCUT2D eigenvalue weighted by Crippen LogP contribution is -2.38. The van der Waals surface area contributed by atoms with Crippen LogP contribution >= 0.6 is 0 Å². The number of nitrogens with two attached hydrogens (primary N) is 1. The van der Waals surface area contributed by atoms with E-state index < -0.39 is 17.6 Å². The molecule has 7 nitrogen and oxygen atoms in total. The van der Waals surface area contributed by atoms with Gasteiger partial charge < -0.3 is 19.9 Å². The lowest BCUT2D eigenvalue weighted by atomic mass is 10.1. The largest absolute Gasteiger partial charge is 0.492 e. The Bertz CT molecular complexity index is 909. The smallest absolute Gasteiger partial charge is 0.245 e. The number of halogens is 1. The summed E-state index contributed by atoms with van der Waals surface area (Å²) in [6.07, 6.45) is 1.06. The minimum absolute atomic E-state index is 0.0177. The van der Waals surface area contributed by atoms with Crippen LogP contribution in [0.1, 0.15) is 11.1 Å². The van der Waals surface area contributed by atoms with Gasteiger partial charge in [0.1, 0.15) is 23.9 Å². The third-order valence-electron chi connectivity index (χ3n) is 4.52. The molecule has 2 aromatic carbocycles. The fourth-order valence-electron chi connectivity index (χ4n) is 2.94. The van der Waals surface area contributed by atoms with Gasteiger partial charge in [0.15, 0.2) is 0 Å². The van der Waals surface area contributed by atoms with Gasteiger partial charge in [-0.1, -0.05) is 12.1 Å². The Morgan fingerprint density at radius 1 is 1.17 bits per heavy atom. The molecule has 0 saturated carbocycles. The number of hydrogen-bond donors (Lipinski definition) is 2. The van der Waals surface area contributed by atoms with Crippen LogP contribution in [0.25, 0.3) is 5.76 Å². The van der Waals surface area contributed by atoms with Gasteiger partial charge in [-0.3, -0.25) is 15.1 Å². The molecule has 0 aliphatic carbocycles. The van der Waals surface area contributed by atoms with Crippen LogP contribution < -0.4 is 10.5 Å². The van der Waals surface area contributed by atoms with Gasteiger partial charge in [-0.05, 0) is 36.4 Å². The lowest BCUT2D eigenvalue weighted by molar-refractivity contribution is -0.113. The topological polar surface area (TPSA) is 97.9 Å². The number of nitrogens with zero attached hydrogens (tertiary/aromatic N) is 1. The van der Waals surface area contributed by atoms with E-state index in [4.69, 9.17) is 25.4 Å². The van der Waals surface area contributed by atoms with Crippen LogP contribution in [0.5, 0.6) is 5.75 Å². The van der Waals surface area contributed by atoms with Crippen LogP contribution in [0, 0.1) is 11.2 Å². The first kappa shape index (κ1) is 21.5. The van der Waals surface area contributed by atoms with Crippen molar-refractivity contribution in [2.24, 2.45) is 5.73 Å². The Balaban J connectivity index is 1.63. The number of morpholine rings is 1. The number of rotatable bonds is 8. The van der Waals surface area contributed by atoms with Gasteiger partial charge in [0.25, 0.3) is 0 Å². The number of carbonyl (C=O) groups is 1. The predicted octanol–water partition coefficient (Wildman–Crippen LogP) is 2.41. The summed E-state index contributed by atoms with van der Waals surface area (Å²) >= 11 is 0. The van der Waals surface area contributed by atoms with Crippen molar-refractivity contribution in [2.45, 2.75) is 0 Å². The maximum Gasteiger partial charge on any atom is 0.245 e. The van der Waals surface area contributed by atoms with E-state index in [-0.39, 0.29) is 11.3 Å². The van der Waals surface area contributed by atoms with Crippen molar-refractivity contribution >= 4 is 17.6 Å². The van der Waals surface area contributed by atoms with Crippen molar-refractivity contribution in [3.05, 3.63) is 71.6 Å². The highest BCUT2D eigenvalue weighted by Crippen LogP contribution is 2.22. The van der Waals surface area contributed by atoms with Crippen molar-refractivity contribution in [1.29, 1.82) is 5.41 Å². The molecule has 1 amide bonds. The van der Waals surface area contributed by atoms with E-state index in [1.807, 2.05) is 0 Å². The maximum absolute atomic E-state index is 13.9. The molecule has 0 bridgehead atoms. The van der Waals surface area contributed by atoms with Crippen molar-refractivity contribution in [3.8, 4) is 5.75 Å². The first-order chi connectivity index (χ1) is 14.5. The summed E-state index contributed by atoms with van der Waals surface area (Å²) < 4.78 is 30.4. The molecular weight excluding hydrogens is 389 g/mol. The van der Waals surface area contributed by atoms with Gasteiger partial charge in [-0.15, -0.1) is 0 Å². The highest BCUT2D eigenvalue weighted by Gasteiger charge is 2.14. The third-order valence-corrected chi connectivity index (χ3v) is 4.52. The van der Waals surface area contributed by atoms with Crippen LogP contribution in [0.4, 0.5) is 4.39 Å². The van der Waals surface area contributed by atoms with Crippen LogP contribution in [-0.4, -0.2) is 56.2 Å². The highest BCUT2D eigenvalue weighted by atomic mass is 19.1. The average molecular weight is 413 g/mol. The first-order valence-electron chi connectivity index (χ1n) is 9.58. The molecule has 3 rings (SSSR count). The van der Waals surface area contributed by atoms with E-state index in [2.05, 4.69) is 4.90 Å². The zero-order valence-electron chi connectivity index (χ0n) is 16.5. The lowest BCUT2D eigenvalue weighted by Gasteiger charge is -2.26. The second-order valence-electron chi connectivity index (χ2n) is 6.65. The number of nitrogens with one attached hydrogen (secondary N) is 1.